The van der Waals surface area contributed by atoms with Crippen LogP contribution in [-0.2, 0) is 16.2 Å². The van der Waals surface area contributed by atoms with Crippen molar-refractivity contribution in [2.75, 3.05) is 6.61 Å². The van der Waals surface area contributed by atoms with Gasteiger partial charge in [0.05, 0.1) is 18.5 Å². The van der Waals surface area contributed by atoms with Gasteiger partial charge in [0.15, 0.2) is 6.61 Å². The van der Waals surface area contributed by atoms with E-state index >= 15 is 0 Å². The molecular formula is C17H22N6O3. The van der Waals surface area contributed by atoms with Gasteiger partial charge in [-0.25, -0.2) is 15.1 Å². The lowest BCUT2D eigenvalue weighted by atomic mass is 9.90. The first-order valence-corrected chi connectivity index (χ1v) is 7.97. The molecule has 2 aromatic rings. The summed E-state index contributed by atoms with van der Waals surface area (Å²) >= 11 is 0. The fourth-order valence-electron chi connectivity index (χ4n) is 1.81. The Labute approximate surface area is 151 Å². The third-order valence-electron chi connectivity index (χ3n) is 3.31. The Morgan fingerprint density at radius 2 is 2.08 bits per heavy atom. The lowest BCUT2D eigenvalue weighted by Gasteiger charge is -2.20. The average Bonchev–Trinajstić information content (AvgIpc) is 3.08. The van der Waals surface area contributed by atoms with Gasteiger partial charge in [0.1, 0.15) is 18.4 Å². The zero-order chi connectivity index (χ0) is 19.0. The molecule has 0 unspecified atom stereocenters. The molecule has 0 fully saturated rings. The van der Waals surface area contributed by atoms with Crippen LogP contribution in [0, 0.1) is 5.41 Å². The lowest BCUT2D eigenvalue weighted by Crippen LogP contribution is -2.27. The summed E-state index contributed by atoms with van der Waals surface area (Å²) < 4.78 is 1.63. The number of benzene rings is 1. The van der Waals surface area contributed by atoms with Crippen LogP contribution in [0.1, 0.15) is 26.3 Å². The summed E-state index contributed by atoms with van der Waals surface area (Å²) in [7, 11) is 0. The molecule has 138 valence electrons. The van der Waals surface area contributed by atoms with E-state index in [1.54, 1.807) is 23.1 Å². The summed E-state index contributed by atoms with van der Waals surface area (Å²) in [4.78, 5) is 20.8. The molecular weight excluding hydrogens is 336 g/mol. The molecule has 9 heteroatoms. The molecule has 2 N–H and O–H groups in total. The molecule has 9 nitrogen and oxygen atoms in total. The SMILES string of the molecule is CC(C)(C)/C(Cn1cncn1)=N/OCC(=O)N/N=C/c1ccc(O)cc1. The second-order valence-corrected chi connectivity index (χ2v) is 6.54. The summed E-state index contributed by atoms with van der Waals surface area (Å²) in [6, 6.07) is 6.41. The Morgan fingerprint density at radius 1 is 1.35 bits per heavy atom. The van der Waals surface area contributed by atoms with Crippen molar-refractivity contribution in [2.45, 2.75) is 27.3 Å². The number of hydrazone groups is 1. The zero-order valence-corrected chi connectivity index (χ0v) is 15.0. The molecule has 26 heavy (non-hydrogen) atoms. The molecule has 0 radical (unpaired) electrons. The number of nitrogens with zero attached hydrogens (tertiary/aromatic N) is 5. The highest BCUT2D eigenvalue weighted by Gasteiger charge is 2.21. The minimum atomic E-state index is -0.433. The van der Waals surface area contributed by atoms with Crippen LogP contribution in [0.25, 0.3) is 0 Å². The molecule has 0 bridgehead atoms. The maximum absolute atomic E-state index is 11.7. The number of carbonyl (C=O) groups excluding carboxylic acids is 1. The van der Waals surface area contributed by atoms with E-state index in [9.17, 15) is 9.90 Å². The van der Waals surface area contributed by atoms with Gasteiger partial charge in [0, 0.05) is 5.41 Å². The molecule has 2 rings (SSSR count). The Morgan fingerprint density at radius 3 is 2.69 bits per heavy atom. The van der Waals surface area contributed by atoms with Crippen molar-refractivity contribution in [3.05, 3.63) is 42.5 Å². The van der Waals surface area contributed by atoms with Crippen molar-refractivity contribution in [3.63, 3.8) is 0 Å². The Bertz CT molecular complexity index is 761. The van der Waals surface area contributed by atoms with E-state index in [0.29, 0.717) is 6.54 Å². The predicted molar refractivity (Wildman–Crippen MR) is 96.7 cm³/mol. The van der Waals surface area contributed by atoms with Gasteiger partial charge in [-0.15, -0.1) is 0 Å². The maximum atomic E-state index is 11.7. The van der Waals surface area contributed by atoms with Crippen LogP contribution in [0.4, 0.5) is 0 Å². The van der Waals surface area contributed by atoms with Gasteiger partial charge in [-0.3, -0.25) is 4.79 Å². The molecule has 1 aromatic carbocycles. The molecule has 1 aromatic heterocycles. The first-order chi connectivity index (χ1) is 12.3. The van der Waals surface area contributed by atoms with E-state index in [4.69, 9.17) is 4.84 Å². The van der Waals surface area contributed by atoms with Crippen LogP contribution in [0.15, 0.2) is 47.2 Å². The second-order valence-electron chi connectivity index (χ2n) is 6.54. The highest BCUT2D eigenvalue weighted by atomic mass is 16.6. The molecule has 0 aliphatic rings. The van der Waals surface area contributed by atoms with Crippen LogP contribution in [0.2, 0.25) is 0 Å². The number of carbonyl (C=O) groups is 1. The highest BCUT2D eigenvalue weighted by molar-refractivity contribution is 5.88. The number of rotatable bonds is 7. The number of hydrogen-bond acceptors (Lipinski definition) is 7. The third kappa shape index (κ3) is 6.34. The van der Waals surface area contributed by atoms with Gasteiger partial charge in [0.25, 0.3) is 5.91 Å². The number of phenolic OH excluding ortho intramolecular Hbond substituents is 1. The summed E-state index contributed by atoms with van der Waals surface area (Å²) in [5.41, 5.74) is 3.57. The van der Waals surface area contributed by atoms with Crippen LogP contribution < -0.4 is 5.43 Å². The summed E-state index contributed by atoms with van der Waals surface area (Å²) in [6.07, 6.45) is 4.50. The van der Waals surface area contributed by atoms with Gasteiger partial charge < -0.3 is 9.94 Å². The van der Waals surface area contributed by atoms with Gasteiger partial charge in [-0.05, 0) is 29.8 Å². The van der Waals surface area contributed by atoms with Gasteiger partial charge in [-0.1, -0.05) is 25.9 Å². The normalized spacial score (nSPS) is 12.3. The quantitative estimate of drug-likeness (QED) is 0.576. The van der Waals surface area contributed by atoms with Crippen LogP contribution in [-0.4, -0.2) is 44.3 Å². The van der Waals surface area contributed by atoms with Crippen LogP contribution in [0.5, 0.6) is 5.75 Å². The molecule has 0 aliphatic carbocycles. The Hall–Kier alpha value is -3.23. The van der Waals surface area contributed by atoms with Crippen molar-refractivity contribution in [2.24, 2.45) is 15.7 Å². The van der Waals surface area contributed by atoms with Gasteiger partial charge in [-0.2, -0.15) is 10.2 Å². The number of phenols is 1. The fourth-order valence-corrected chi connectivity index (χ4v) is 1.81. The monoisotopic (exact) mass is 358 g/mol. The van der Waals surface area contributed by atoms with Crippen molar-refractivity contribution in [1.29, 1.82) is 0 Å². The van der Waals surface area contributed by atoms with Crippen LogP contribution >= 0.6 is 0 Å². The van der Waals surface area contributed by atoms with Crippen LogP contribution in [0.3, 0.4) is 0 Å². The Balaban J connectivity index is 1.84. The number of aromatic nitrogens is 3. The smallest absolute Gasteiger partial charge is 0.280 e. The van der Waals surface area contributed by atoms with Crippen molar-refractivity contribution in [1.82, 2.24) is 20.2 Å². The van der Waals surface area contributed by atoms with Gasteiger partial charge in [0.2, 0.25) is 0 Å². The molecule has 1 amide bonds. The fraction of sp³-hybridized carbons (Fsp3) is 0.353. The number of amides is 1. The largest absolute Gasteiger partial charge is 0.508 e. The molecule has 0 aliphatic heterocycles. The summed E-state index contributed by atoms with van der Waals surface area (Å²) in [5.74, 6) is -0.268. The summed E-state index contributed by atoms with van der Waals surface area (Å²) in [6.45, 7) is 6.14. The predicted octanol–water partition coefficient (Wildman–Crippen LogP) is 1.55. The molecule has 0 saturated heterocycles. The van der Waals surface area contributed by atoms with Crippen molar-refractivity contribution in [3.8, 4) is 5.75 Å². The summed E-state index contributed by atoms with van der Waals surface area (Å²) in [5, 5.41) is 21.1. The minimum absolute atomic E-state index is 0.165. The first-order valence-electron chi connectivity index (χ1n) is 7.97. The average molecular weight is 358 g/mol. The van der Waals surface area contributed by atoms with E-state index in [2.05, 4.69) is 25.8 Å². The van der Waals surface area contributed by atoms with Gasteiger partial charge >= 0.3 is 0 Å². The number of aromatic hydroxyl groups is 1. The third-order valence-corrected chi connectivity index (χ3v) is 3.31. The molecule has 0 spiro atoms. The minimum Gasteiger partial charge on any atom is -0.508 e. The maximum Gasteiger partial charge on any atom is 0.280 e. The molecule has 1 heterocycles. The van der Waals surface area contributed by atoms with E-state index < -0.39 is 5.91 Å². The lowest BCUT2D eigenvalue weighted by molar-refractivity contribution is -0.125. The molecule has 0 saturated carbocycles. The van der Waals surface area contributed by atoms with E-state index in [0.717, 1.165) is 11.3 Å². The van der Waals surface area contributed by atoms with Crippen molar-refractivity contribution < 1.29 is 14.7 Å². The number of hydrogen-bond donors (Lipinski definition) is 2. The van der Waals surface area contributed by atoms with E-state index in [1.807, 2.05) is 20.8 Å². The number of oxime groups is 1. The van der Waals surface area contributed by atoms with E-state index in [1.165, 1.54) is 24.7 Å². The number of nitrogens with one attached hydrogen (secondary N) is 1. The van der Waals surface area contributed by atoms with Crippen molar-refractivity contribution >= 4 is 17.8 Å². The standard InChI is InChI=1S/C17H22N6O3/c1-17(2,3)15(9-23-12-18-11-20-23)22-26-10-16(25)21-19-8-13-4-6-14(24)7-5-13/h4-8,11-12,24H,9-10H2,1-3H3,(H,21,25)/b19-8+,22-15+. The topological polar surface area (TPSA) is 114 Å². The first kappa shape index (κ1) is 19.1. The Kier molecular flexibility index (Phi) is 6.42. The second kappa shape index (κ2) is 8.75. The zero-order valence-electron chi connectivity index (χ0n) is 15.0. The highest BCUT2D eigenvalue weighted by Crippen LogP contribution is 2.17. The van der Waals surface area contributed by atoms with E-state index in [-0.39, 0.29) is 17.8 Å². The molecule has 0 atom stereocenters.